The molecule has 3 nitrogen and oxygen atoms in total. The number of aromatic nitrogens is 1. The largest absolute Gasteiger partial charge is 0.483 e. The van der Waals surface area contributed by atoms with Gasteiger partial charge in [-0.15, -0.1) is 6.58 Å². The second kappa shape index (κ2) is 8.44. The van der Waals surface area contributed by atoms with Crippen molar-refractivity contribution in [3.8, 4) is 11.3 Å². The maximum absolute atomic E-state index is 11.8. The van der Waals surface area contributed by atoms with Gasteiger partial charge in [-0.25, -0.2) is 4.98 Å². The molecule has 0 spiro atoms. The fourth-order valence-electron chi connectivity index (χ4n) is 3.99. The molecule has 2 aromatic carbocycles. The van der Waals surface area contributed by atoms with Crippen LogP contribution in [0.25, 0.3) is 27.8 Å². The minimum Gasteiger partial charge on any atom is -0.483 e. The van der Waals surface area contributed by atoms with Gasteiger partial charge >= 0.3 is 0 Å². The molecule has 0 fully saturated rings. The van der Waals surface area contributed by atoms with Crippen molar-refractivity contribution in [2.75, 3.05) is 0 Å². The van der Waals surface area contributed by atoms with Gasteiger partial charge in [-0.1, -0.05) is 60.7 Å². The van der Waals surface area contributed by atoms with Gasteiger partial charge in [0, 0.05) is 22.6 Å². The van der Waals surface area contributed by atoms with Crippen molar-refractivity contribution in [2.45, 2.75) is 38.7 Å². The van der Waals surface area contributed by atoms with E-state index in [2.05, 4.69) is 36.9 Å². The lowest BCUT2D eigenvalue weighted by molar-refractivity contribution is -0.112. The van der Waals surface area contributed by atoms with E-state index in [1.54, 1.807) is 13.0 Å². The smallest absolute Gasteiger partial charge is 0.156 e. The average Bonchev–Trinajstić information content (AvgIpc) is 3.08. The third-order valence-electron chi connectivity index (χ3n) is 5.28. The average molecular weight is 383 g/mol. The van der Waals surface area contributed by atoms with Crippen molar-refractivity contribution in [3.63, 3.8) is 0 Å². The van der Waals surface area contributed by atoms with Crippen LogP contribution in [0.2, 0.25) is 0 Å². The Kier molecular flexibility index (Phi) is 5.57. The van der Waals surface area contributed by atoms with Gasteiger partial charge in [-0.05, 0) is 38.0 Å². The molecule has 1 unspecified atom stereocenters. The number of carbonyl (C=O) groups is 1. The van der Waals surface area contributed by atoms with Crippen molar-refractivity contribution in [3.05, 3.63) is 84.6 Å². The number of hydrogen-bond acceptors (Lipinski definition) is 3. The summed E-state index contributed by atoms with van der Waals surface area (Å²) in [6.45, 7) is 5.35. The van der Waals surface area contributed by atoms with E-state index in [1.165, 1.54) is 0 Å². The molecule has 4 rings (SSSR count). The molecular formula is C26H25NO2. The predicted octanol–water partition coefficient (Wildman–Crippen LogP) is 6.65. The second-order valence-corrected chi connectivity index (χ2v) is 7.43. The number of unbranched alkanes of at least 4 members (excludes halogenated alkanes) is 2. The van der Waals surface area contributed by atoms with Crippen molar-refractivity contribution in [2.24, 2.45) is 0 Å². The molecule has 0 aliphatic carbocycles. The first-order valence-corrected chi connectivity index (χ1v) is 10.2. The topological polar surface area (TPSA) is 39.2 Å². The highest BCUT2D eigenvalue weighted by atomic mass is 16.5. The Morgan fingerprint density at radius 1 is 1.03 bits per heavy atom. The molecule has 0 radical (unpaired) electrons. The van der Waals surface area contributed by atoms with Crippen LogP contribution in [-0.2, 0) is 9.53 Å². The summed E-state index contributed by atoms with van der Waals surface area (Å²) in [5, 5.41) is 2.26. The van der Waals surface area contributed by atoms with Crippen molar-refractivity contribution >= 4 is 22.3 Å². The summed E-state index contributed by atoms with van der Waals surface area (Å²) in [4.78, 5) is 16.9. The predicted molar refractivity (Wildman–Crippen MR) is 118 cm³/mol. The lowest BCUT2D eigenvalue weighted by Crippen LogP contribution is -1.99. The number of ketones is 1. The highest BCUT2D eigenvalue weighted by molar-refractivity contribution is 6.01. The van der Waals surface area contributed by atoms with Crippen molar-refractivity contribution in [1.82, 2.24) is 4.98 Å². The fraction of sp³-hybridized carbons (Fsp3) is 0.231. The SMILES string of the molecule is C=CCCCCC1O/C(=C/C(C)=O)c2nc(-c3ccccc3)c3ccccc3c21. The van der Waals surface area contributed by atoms with E-state index in [0.717, 1.165) is 59.0 Å². The lowest BCUT2D eigenvalue weighted by atomic mass is 9.94. The molecule has 29 heavy (non-hydrogen) atoms. The Balaban J connectivity index is 1.88. The van der Waals surface area contributed by atoms with Crippen LogP contribution in [0.15, 0.2) is 73.3 Å². The maximum atomic E-state index is 11.8. The Morgan fingerprint density at radius 2 is 1.76 bits per heavy atom. The summed E-state index contributed by atoms with van der Waals surface area (Å²) in [5.41, 5.74) is 3.88. The molecule has 0 saturated heterocycles. The summed E-state index contributed by atoms with van der Waals surface area (Å²) >= 11 is 0. The third-order valence-corrected chi connectivity index (χ3v) is 5.28. The number of nitrogens with zero attached hydrogens (tertiary/aromatic N) is 1. The molecule has 3 heteroatoms. The van der Waals surface area contributed by atoms with Crippen LogP contribution in [0.4, 0.5) is 0 Å². The molecule has 3 aromatic rings. The normalized spacial score (nSPS) is 16.6. The van der Waals surface area contributed by atoms with E-state index < -0.39 is 0 Å². The van der Waals surface area contributed by atoms with E-state index in [9.17, 15) is 4.79 Å². The van der Waals surface area contributed by atoms with Crippen LogP contribution < -0.4 is 0 Å². The van der Waals surface area contributed by atoms with Crippen LogP contribution in [0, 0.1) is 0 Å². The van der Waals surface area contributed by atoms with Crippen LogP contribution in [0.5, 0.6) is 0 Å². The molecule has 1 aliphatic heterocycles. The van der Waals surface area contributed by atoms with Crippen LogP contribution >= 0.6 is 0 Å². The molecule has 0 N–H and O–H groups in total. The van der Waals surface area contributed by atoms with Gasteiger partial charge < -0.3 is 4.74 Å². The minimum atomic E-state index is -0.0809. The van der Waals surface area contributed by atoms with Crippen LogP contribution in [0.1, 0.15) is 50.0 Å². The minimum absolute atomic E-state index is 0.0329. The zero-order valence-corrected chi connectivity index (χ0v) is 16.7. The van der Waals surface area contributed by atoms with E-state index >= 15 is 0 Å². The van der Waals surface area contributed by atoms with Gasteiger partial charge in [-0.3, -0.25) is 4.79 Å². The van der Waals surface area contributed by atoms with Crippen LogP contribution in [0.3, 0.4) is 0 Å². The molecule has 1 aromatic heterocycles. The monoisotopic (exact) mass is 383 g/mol. The molecule has 146 valence electrons. The number of fused-ring (bicyclic) bond motifs is 3. The zero-order valence-electron chi connectivity index (χ0n) is 16.7. The molecular weight excluding hydrogens is 358 g/mol. The van der Waals surface area contributed by atoms with E-state index in [-0.39, 0.29) is 11.9 Å². The molecule has 1 aliphatic rings. The summed E-state index contributed by atoms with van der Waals surface area (Å²) in [6.07, 6.45) is 7.46. The van der Waals surface area contributed by atoms with E-state index in [0.29, 0.717) is 5.76 Å². The van der Waals surface area contributed by atoms with Gasteiger partial charge in [0.05, 0.1) is 5.69 Å². The molecule has 0 saturated carbocycles. The number of pyridine rings is 1. The third kappa shape index (κ3) is 3.86. The van der Waals surface area contributed by atoms with Crippen molar-refractivity contribution < 1.29 is 9.53 Å². The summed E-state index contributed by atoms with van der Waals surface area (Å²) in [7, 11) is 0. The molecule has 2 heterocycles. The van der Waals surface area contributed by atoms with E-state index in [1.807, 2.05) is 30.3 Å². The maximum Gasteiger partial charge on any atom is 0.156 e. The summed E-state index contributed by atoms with van der Waals surface area (Å²) in [5.74, 6) is 0.554. The van der Waals surface area contributed by atoms with Crippen molar-refractivity contribution in [1.29, 1.82) is 0 Å². The number of allylic oxidation sites excluding steroid dienone is 2. The Hall–Kier alpha value is -3.20. The summed E-state index contributed by atoms with van der Waals surface area (Å²) in [6, 6.07) is 18.5. The number of rotatable bonds is 7. The lowest BCUT2D eigenvalue weighted by Gasteiger charge is -2.14. The number of carbonyl (C=O) groups excluding carboxylic acids is 1. The standard InChI is InChI=1S/C26H25NO2/c1-3-4-5-9-16-22-24-20-14-10-11-15-21(20)25(19-12-7-6-8-13-19)27-26(24)23(29-22)17-18(2)28/h3,6-8,10-15,17,22H,1,4-5,9,16H2,2H3/b23-17+. The molecule has 0 amide bonds. The Labute approximate surface area is 171 Å². The van der Waals surface area contributed by atoms with Gasteiger partial charge in [0.25, 0.3) is 0 Å². The number of benzene rings is 2. The Bertz CT molecular complexity index is 1080. The first-order valence-electron chi connectivity index (χ1n) is 10.2. The van der Waals surface area contributed by atoms with Gasteiger partial charge in [0.15, 0.2) is 5.78 Å². The fourth-order valence-corrected chi connectivity index (χ4v) is 3.99. The van der Waals surface area contributed by atoms with Crippen LogP contribution in [-0.4, -0.2) is 10.8 Å². The summed E-state index contributed by atoms with van der Waals surface area (Å²) < 4.78 is 6.27. The second-order valence-electron chi connectivity index (χ2n) is 7.43. The highest BCUT2D eigenvalue weighted by Crippen LogP contribution is 2.45. The quantitative estimate of drug-likeness (QED) is 0.260. The number of hydrogen-bond donors (Lipinski definition) is 0. The molecule has 0 bridgehead atoms. The molecule has 1 atom stereocenters. The highest BCUT2D eigenvalue weighted by Gasteiger charge is 2.32. The van der Waals surface area contributed by atoms with Gasteiger partial charge in [0.2, 0.25) is 0 Å². The first-order chi connectivity index (χ1) is 14.2. The zero-order chi connectivity index (χ0) is 20.2. The Morgan fingerprint density at radius 3 is 2.48 bits per heavy atom. The van der Waals surface area contributed by atoms with E-state index in [4.69, 9.17) is 9.72 Å². The number of ether oxygens (including phenoxy) is 1. The van der Waals surface area contributed by atoms with Gasteiger partial charge in [0.1, 0.15) is 17.6 Å². The first kappa shape index (κ1) is 19.1. The van der Waals surface area contributed by atoms with Gasteiger partial charge in [-0.2, -0.15) is 0 Å².